The maximum atomic E-state index is 11.8. The molecule has 2 rings (SSSR count). The van der Waals surface area contributed by atoms with Gasteiger partial charge in [-0.25, -0.2) is 5.43 Å². The SMILES string of the molecule is O=C(N/N=C\c1cccc([N+](=O)[O-])c1O)c1ccccc1Cl. The summed E-state index contributed by atoms with van der Waals surface area (Å²) in [6.07, 6.45) is 1.11. The molecule has 2 aromatic rings. The number of phenols is 1. The first kappa shape index (κ1) is 15.5. The second-order valence-electron chi connectivity index (χ2n) is 4.15. The maximum absolute atomic E-state index is 11.8. The number of amides is 1. The van der Waals surface area contributed by atoms with Crippen LogP contribution < -0.4 is 5.43 Å². The highest BCUT2D eigenvalue weighted by molar-refractivity contribution is 6.33. The second kappa shape index (κ2) is 6.68. The number of benzene rings is 2. The fourth-order valence-electron chi connectivity index (χ4n) is 1.67. The molecular weight excluding hydrogens is 310 g/mol. The molecule has 0 aliphatic rings. The van der Waals surface area contributed by atoms with Crippen LogP contribution in [0.15, 0.2) is 47.6 Å². The van der Waals surface area contributed by atoms with Gasteiger partial charge in [-0.3, -0.25) is 14.9 Å². The van der Waals surface area contributed by atoms with Crippen molar-refractivity contribution in [2.75, 3.05) is 0 Å². The normalized spacial score (nSPS) is 10.6. The average Bonchev–Trinajstić information content (AvgIpc) is 2.49. The van der Waals surface area contributed by atoms with Crippen molar-refractivity contribution in [3.05, 3.63) is 68.7 Å². The average molecular weight is 320 g/mol. The van der Waals surface area contributed by atoms with Crippen LogP contribution in [0.25, 0.3) is 0 Å². The van der Waals surface area contributed by atoms with Crippen LogP contribution in [0.3, 0.4) is 0 Å². The summed E-state index contributed by atoms with van der Waals surface area (Å²) in [4.78, 5) is 21.8. The Morgan fingerprint density at radius 2 is 2.00 bits per heavy atom. The van der Waals surface area contributed by atoms with Gasteiger partial charge in [0.25, 0.3) is 5.91 Å². The highest BCUT2D eigenvalue weighted by atomic mass is 35.5. The van der Waals surface area contributed by atoms with E-state index >= 15 is 0 Å². The van der Waals surface area contributed by atoms with Crippen molar-refractivity contribution in [1.29, 1.82) is 0 Å². The van der Waals surface area contributed by atoms with Crippen LogP contribution in [0, 0.1) is 10.1 Å². The summed E-state index contributed by atoms with van der Waals surface area (Å²) < 4.78 is 0. The van der Waals surface area contributed by atoms with E-state index in [1.54, 1.807) is 18.2 Å². The molecule has 2 aromatic carbocycles. The summed E-state index contributed by atoms with van der Waals surface area (Å²) in [5, 5.41) is 24.3. The van der Waals surface area contributed by atoms with Crippen molar-refractivity contribution in [2.24, 2.45) is 5.10 Å². The summed E-state index contributed by atoms with van der Waals surface area (Å²) in [6.45, 7) is 0. The van der Waals surface area contributed by atoms with Gasteiger partial charge >= 0.3 is 5.69 Å². The van der Waals surface area contributed by atoms with E-state index in [0.29, 0.717) is 0 Å². The lowest BCUT2D eigenvalue weighted by atomic mass is 10.2. The minimum atomic E-state index is -0.713. The fourth-order valence-corrected chi connectivity index (χ4v) is 1.89. The second-order valence-corrected chi connectivity index (χ2v) is 4.56. The molecule has 0 fully saturated rings. The molecule has 7 nitrogen and oxygen atoms in total. The molecule has 2 N–H and O–H groups in total. The number of halogens is 1. The van der Waals surface area contributed by atoms with Gasteiger partial charge in [-0.05, 0) is 18.2 Å². The van der Waals surface area contributed by atoms with Crippen molar-refractivity contribution < 1.29 is 14.8 Å². The topological polar surface area (TPSA) is 105 Å². The number of carbonyl (C=O) groups is 1. The van der Waals surface area contributed by atoms with E-state index in [-0.39, 0.29) is 16.1 Å². The minimum absolute atomic E-state index is 0.105. The van der Waals surface area contributed by atoms with Crippen LogP contribution in [0.5, 0.6) is 5.75 Å². The first-order valence-corrected chi connectivity index (χ1v) is 6.43. The largest absolute Gasteiger partial charge is 0.502 e. The highest BCUT2D eigenvalue weighted by Gasteiger charge is 2.15. The third kappa shape index (κ3) is 3.39. The number of nitrogens with zero attached hydrogens (tertiary/aromatic N) is 2. The summed E-state index contributed by atoms with van der Waals surface area (Å²) in [6, 6.07) is 10.4. The molecule has 0 radical (unpaired) electrons. The van der Waals surface area contributed by atoms with Gasteiger partial charge in [0, 0.05) is 11.6 Å². The van der Waals surface area contributed by atoms with Gasteiger partial charge in [0.05, 0.1) is 21.7 Å². The molecular formula is C14H10ClN3O4. The van der Waals surface area contributed by atoms with Crippen molar-refractivity contribution in [3.63, 3.8) is 0 Å². The predicted octanol–water partition coefficient (Wildman–Crippen LogP) is 2.72. The Labute approximate surface area is 130 Å². The van der Waals surface area contributed by atoms with E-state index < -0.39 is 22.3 Å². The van der Waals surface area contributed by atoms with Gasteiger partial charge in [-0.2, -0.15) is 5.10 Å². The van der Waals surface area contributed by atoms with Crippen LogP contribution in [0.4, 0.5) is 5.69 Å². The van der Waals surface area contributed by atoms with Gasteiger partial charge < -0.3 is 5.11 Å². The highest BCUT2D eigenvalue weighted by Crippen LogP contribution is 2.27. The zero-order valence-electron chi connectivity index (χ0n) is 11.1. The van der Waals surface area contributed by atoms with Crippen LogP contribution >= 0.6 is 11.6 Å². The Bertz CT molecular complexity index is 762. The lowest BCUT2D eigenvalue weighted by Crippen LogP contribution is -2.17. The van der Waals surface area contributed by atoms with E-state index in [0.717, 1.165) is 12.3 Å². The number of nitro benzene ring substituents is 1. The van der Waals surface area contributed by atoms with Crippen molar-refractivity contribution in [2.45, 2.75) is 0 Å². The number of aromatic hydroxyl groups is 1. The number of para-hydroxylation sites is 1. The molecule has 112 valence electrons. The molecule has 1 amide bonds. The lowest BCUT2D eigenvalue weighted by molar-refractivity contribution is -0.385. The predicted molar refractivity (Wildman–Crippen MR) is 81.3 cm³/mol. The third-order valence-electron chi connectivity index (χ3n) is 2.73. The molecule has 22 heavy (non-hydrogen) atoms. The van der Waals surface area contributed by atoms with Gasteiger partial charge in [0.1, 0.15) is 0 Å². The van der Waals surface area contributed by atoms with E-state index in [9.17, 15) is 20.0 Å². The van der Waals surface area contributed by atoms with E-state index in [2.05, 4.69) is 10.5 Å². The molecule has 0 saturated carbocycles. The molecule has 0 aromatic heterocycles. The molecule has 0 heterocycles. The summed E-state index contributed by atoms with van der Waals surface area (Å²) >= 11 is 5.87. The molecule has 0 aliphatic carbocycles. The molecule has 0 spiro atoms. The Hall–Kier alpha value is -2.93. The van der Waals surface area contributed by atoms with Crippen molar-refractivity contribution in [1.82, 2.24) is 5.43 Å². The number of rotatable bonds is 4. The third-order valence-corrected chi connectivity index (χ3v) is 3.06. The Morgan fingerprint density at radius 3 is 2.68 bits per heavy atom. The Balaban J connectivity index is 2.14. The minimum Gasteiger partial charge on any atom is -0.502 e. The molecule has 0 unspecified atom stereocenters. The van der Waals surface area contributed by atoms with Gasteiger partial charge in [-0.15, -0.1) is 0 Å². The van der Waals surface area contributed by atoms with Crippen molar-refractivity contribution in [3.8, 4) is 5.75 Å². The summed E-state index contributed by atoms with van der Waals surface area (Å²) in [7, 11) is 0. The van der Waals surface area contributed by atoms with Gasteiger partial charge in [0.2, 0.25) is 5.75 Å². The lowest BCUT2D eigenvalue weighted by Gasteiger charge is -2.02. The number of hydrogen-bond acceptors (Lipinski definition) is 5. The smallest absolute Gasteiger partial charge is 0.311 e. The molecule has 0 atom stereocenters. The summed E-state index contributed by atoms with van der Waals surface area (Å²) in [5.74, 6) is -1.06. The summed E-state index contributed by atoms with van der Waals surface area (Å²) in [5.41, 5.74) is 2.13. The molecule has 8 heteroatoms. The van der Waals surface area contributed by atoms with E-state index in [1.807, 2.05) is 0 Å². The first-order chi connectivity index (χ1) is 10.5. The molecule has 0 bridgehead atoms. The van der Waals surface area contributed by atoms with E-state index in [1.165, 1.54) is 18.2 Å². The van der Waals surface area contributed by atoms with Crippen LogP contribution in [0.1, 0.15) is 15.9 Å². The Morgan fingerprint density at radius 1 is 1.27 bits per heavy atom. The number of hydrogen-bond donors (Lipinski definition) is 2. The van der Waals surface area contributed by atoms with Crippen LogP contribution in [0.2, 0.25) is 5.02 Å². The zero-order chi connectivity index (χ0) is 16.1. The zero-order valence-corrected chi connectivity index (χ0v) is 11.8. The van der Waals surface area contributed by atoms with Crippen molar-refractivity contribution >= 4 is 29.4 Å². The monoisotopic (exact) mass is 319 g/mol. The Kier molecular flexibility index (Phi) is 4.70. The van der Waals surface area contributed by atoms with Crippen LogP contribution in [-0.4, -0.2) is 22.2 Å². The maximum Gasteiger partial charge on any atom is 0.311 e. The first-order valence-electron chi connectivity index (χ1n) is 6.05. The number of nitro groups is 1. The van der Waals surface area contributed by atoms with Gasteiger partial charge in [0.15, 0.2) is 0 Å². The fraction of sp³-hybridized carbons (Fsp3) is 0. The standard InChI is InChI=1S/C14H10ClN3O4/c15-11-6-2-1-5-10(11)14(20)17-16-8-9-4-3-7-12(13(9)19)18(21)22/h1-8,19H,(H,17,20)/b16-8-. The number of hydrazone groups is 1. The molecule has 0 aliphatic heterocycles. The molecule has 0 saturated heterocycles. The van der Waals surface area contributed by atoms with E-state index in [4.69, 9.17) is 11.6 Å². The van der Waals surface area contributed by atoms with Gasteiger partial charge in [-0.1, -0.05) is 29.8 Å². The van der Waals surface area contributed by atoms with Crippen LogP contribution in [-0.2, 0) is 0 Å². The number of carbonyl (C=O) groups excluding carboxylic acids is 1. The quantitative estimate of drug-likeness (QED) is 0.513. The number of nitrogens with one attached hydrogen (secondary N) is 1. The number of phenolic OH excluding ortho intramolecular Hbond substituents is 1.